The van der Waals surface area contributed by atoms with E-state index >= 15 is 0 Å². The summed E-state index contributed by atoms with van der Waals surface area (Å²) in [6.45, 7) is 11.3. The maximum absolute atomic E-state index is 11.6. The third-order valence-electron chi connectivity index (χ3n) is 2.78. The number of hydrogen-bond acceptors (Lipinski definition) is 6. The van der Waals surface area contributed by atoms with Gasteiger partial charge in [-0.3, -0.25) is 9.69 Å². The Kier molecular flexibility index (Phi) is 6.71. The summed E-state index contributed by atoms with van der Waals surface area (Å²) in [4.78, 5) is 14.0. The summed E-state index contributed by atoms with van der Waals surface area (Å²) < 4.78 is 10.5. The first-order chi connectivity index (χ1) is 8.88. The molecule has 0 saturated carbocycles. The number of morpholine rings is 1. The van der Waals surface area contributed by atoms with Crippen LogP contribution in [-0.2, 0) is 14.3 Å². The van der Waals surface area contributed by atoms with Crippen molar-refractivity contribution in [2.45, 2.75) is 32.4 Å². The Morgan fingerprint density at radius 3 is 2.63 bits per heavy atom. The van der Waals surface area contributed by atoms with Crippen molar-refractivity contribution in [1.82, 2.24) is 10.2 Å². The maximum Gasteiger partial charge on any atom is 0.324 e. The summed E-state index contributed by atoms with van der Waals surface area (Å²) >= 11 is 0. The highest BCUT2D eigenvalue weighted by Crippen LogP contribution is 2.07. The number of nitrogens with zero attached hydrogens (tertiary/aromatic N) is 1. The van der Waals surface area contributed by atoms with Gasteiger partial charge in [0.05, 0.1) is 13.2 Å². The molecule has 6 heteroatoms. The molecule has 0 aromatic heterocycles. The summed E-state index contributed by atoms with van der Waals surface area (Å²) in [6, 6.07) is -0.607. The van der Waals surface area contributed by atoms with Gasteiger partial charge < -0.3 is 20.5 Å². The van der Waals surface area contributed by atoms with Gasteiger partial charge in [0.15, 0.2) is 0 Å². The highest BCUT2D eigenvalue weighted by Gasteiger charge is 2.21. The molecule has 0 spiro atoms. The molecule has 3 N–H and O–H groups in total. The number of nitrogens with two attached hydrogens (primary N) is 1. The van der Waals surface area contributed by atoms with Crippen LogP contribution in [0.3, 0.4) is 0 Å². The summed E-state index contributed by atoms with van der Waals surface area (Å²) in [5.41, 5.74) is 5.29. The van der Waals surface area contributed by atoms with Gasteiger partial charge in [-0.25, -0.2) is 0 Å². The van der Waals surface area contributed by atoms with Gasteiger partial charge in [0, 0.05) is 32.7 Å². The van der Waals surface area contributed by atoms with Crippen molar-refractivity contribution in [2.75, 3.05) is 45.9 Å². The van der Waals surface area contributed by atoms with E-state index in [1.54, 1.807) is 0 Å². The lowest BCUT2D eigenvalue weighted by molar-refractivity contribution is -0.156. The first kappa shape index (κ1) is 16.4. The van der Waals surface area contributed by atoms with Crippen LogP contribution in [0.2, 0.25) is 0 Å². The van der Waals surface area contributed by atoms with Crippen LogP contribution in [0.1, 0.15) is 20.8 Å². The molecule has 1 unspecified atom stereocenters. The Morgan fingerprint density at radius 2 is 2.05 bits per heavy atom. The Labute approximate surface area is 115 Å². The first-order valence-electron chi connectivity index (χ1n) is 6.88. The number of rotatable bonds is 6. The molecule has 6 nitrogen and oxygen atoms in total. The molecule has 0 aromatic rings. The fourth-order valence-electron chi connectivity index (χ4n) is 1.78. The number of esters is 1. The fraction of sp³-hybridized carbons (Fsp3) is 0.923. The summed E-state index contributed by atoms with van der Waals surface area (Å²) in [6.07, 6.45) is 0. The van der Waals surface area contributed by atoms with E-state index in [4.69, 9.17) is 15.2 Å². The molecule has 1 saturated heterocycles. The Bertz CT molecular complexity index is 273. The summed E-state index contributed by atoms with van der Waals surface area (Å²) in [5, 5.41) is 3.19. The van der Waals surface area contributed by atoms with E-state index in [9.17, 15) is 4.79 Å². The minimum absolute atomic E-state index is 0.355. The van der Waals surface area contributed by atoms with E-state index in [0.29, 0.717) is 6.54 Å². The first-order valence-corrected chi connectivity index (χ1v) is 6.88. The van der Waals surface area contributed by atoms with Crippen molar-refractivity contribution in [1.29, 1.82) is 0 Å². The van der Waals surface area contributed by atoms with Crippen molar-refractivity contribution in [3.8, 4) is 0 Å². The van der Waals surface area contributed by atoms with Gasteiger partial charge in [0.1, 0.15) is 11.6 Å². The molecule has 0 amide bonds. The minimum atomic E-state index is -0.607. The number of hydrogen-bond donors (Lipinski definition) is 2. The molecule has 0 bridgehead atoms. The molecular formula is C13H27N3O3. The molecule has 0 aliphatic carbocycles. The molecule has 19 heavy (non-hydrogen) atoms. The second-order valence-electron chi connectivity index (χ2n) is 5.80. The minimum Gasteiger partial charge on any atom is -0.459 e. The van der Waals surface area contributed by atoms with Gasteiger partial charge in [-0.05, 0) is 20.8 Å². The number of carbonyl (C=O) groups is 1. The van der Waals surface area contributed by atoms with Crippen molar-refractivity contribution >= 4 is 5.97 Å². The smallest absolute Gasteiger partial charge is 0.324 e. The third-order valence-corrected chi connectivity index (χ3v) is 2.78. The molecule has 0 radical (unpaired) electrons. The molecule has 1 atom stereocenters. The van der Waals surface area contributed by atoms with Gasteiger partial charge in [-0.1, -0.05) is 0 Å². The normalized spacial score (nSPS) is 19.2. The van der Waals surface area contributed by atoms with Crippen LogP contribution in [0.5, 0.6) is 0 Å². The highest BCUT2D eigenvalue weighted by atomic mass is 16.6. The van der Waals surface area contributed by atoms with E-state index in [1.807, 2.05) is 20.8 Å². The molecule has 112 valence electrons. The SMILES string of the molecule is CC(C)(C)OC(=O)C(N)CNCCN1CCOCC1. The largest absolute Gasteiger partial charge is 0.459 e. The second-order valence-corrected chi connectivity index (χ2v) is 5.80. The zero-order valence-electron chi connectivity index (χ0n) is 12.3. The topological polar surface area (TPSA) is 76.8 Å². The van der Waals surface area contributed by atoms with E-state index in [0.717, 1.165) is 39.4 Å². The van der Waals surface area contributed by atoms with E-state index in [2.05, 4.69) is 10.2 Å². The van der Waals surface area contributed by atoms with Gasteiger partial charge in [-0.2, -0.15) is 0 Å². The van der Waals surface area contributed by atoms with Crippen molar-refractivity contribution < 1.29 is 14.3 Å². The van der Waals surface area contributed by atoms with Crippen LogP contribution in [0.25, 0.3) is 0 Å². The average molecular weight is 273 g/mol. The predicted octanol–water partition coefficient (Wildman–Crippen LogP) is -0.423. The second kappa shape index (κ2) is 7.79. The Balaban J connectivity index is 2.09. The van der Waals surface area contributed by atoms with E-state index in [1.165, 1.54) is 0 Å². The molecule has 1 aliphatic rings. The van der Waals surface area contributed by atoms with Crippen LogP contribution >= 0.6 is 0 Å². The molecule has 1 aliphatic heterocycles. The Morgan fingerprint density at radius 1 is 1.42 bits per heavy atom. The molecule has 1 rings (SSSR count). The van der Waals surface area contributed by atoms with Crippen molar-refractivity contribution in [2.24, 2.45) is 5.73 Å². The molecular weight excluding hydrogens is 246 g/mol. The van der Waals surface area contributed by atoms with Crippen molar-refractivity contribution in [3.05, 3.63) is 0 Å². The average Bonchev–Trinajstić information content (AvgIpc) is 2.33. The Hall–Kier alpha value is -0.690. The predicted molar refractivity (Wildman–Crippen MR) is 73.9 cm³/mol. The quantitative estimate of drug-likeness (QED) is 0.505. The number of carbonyl (C=O) groups excluding carboxylic acids is 1. The summed E-state index contributed by atoms with van der Waals surface area (Å²) in [7, 11) is 0. The van der Waals surface area contributed by atoms with Crippen molar-refractivity contribution in [3.63, 3.8) is 0 Å². The molecule has 0 aromatic carbocycles. The highest BCUT2D eigenvalue weighted by molar-refractivity contribution is 5.76. The van der Waals surface area contributed by atoms with E-state index in [-0.39, 0.29) is 5.97 Å². The van der Waals surface area contributed by atoms with Gasteiger partial charge >= 0.3 is 5.97 Å². The van der Waals surface area contributed by atoms with E-state index < -0.39 is 11.6 Å². The fourth-order valence-corrected chi connectivity index (χ4v) is 1.78. The van der Waals surface area contributed by atoms with Gasteiger partial charge in [-0.15, -0.1) is 0 Å². The van der Waals surface area contributed by atoms with Crippen LogP contribution in [0.4, 0.5) is 0 Å². The third kappa shape index (κ3) is 7.47. The lowest BCUT2D eigenvalue weighted by atomic mass is 10.2. The number of nitrogens with one attached hydrogen (secondary N) is 1. The summed E-state index contributed by atoms with van der Waals surface area (Å²) in [5.74, 6) is -0.355. The van der Waals surface area contributed by atoms with Crippen LogP contribution in [0, 0.1) is 0 Å². The maximum atomic E-state index is 11.6. The molecule has 1 heterocycles. The standard InChI is InChI=1S/C13H27N3O3/c1-13(2,3)19-12(17)11(14)10-15-4-5-16-6-8-18-9-7-16/h11,15H,4-10,14H2,1-3H3. The zero-order chi connectivity index (χ0) is 14.3. The van der Waals surface area contributed by atoms with Crippen LogP contribution in [-0.4, -0.2) is 68.4 Å². The molecule has 1 fully saturated rings. The van der Waals surface area contributed by atoms with Gasteiger partial charge in [0.2, 0.25) is 0 Å². The van der Waals surface area contributed by atoms with Crippen LogP contribution in [0.15, 0.2) is 0 Å². The van der Waals surface area contributed by atoms with Crippen LogP contribution < -0.4 is 11.1 Å². The monoisotopic (exact) mass is 273 g/mol. The lowest BCUT2D eigenvalue weighted by Crippen LogP contribution is -2.46. The van der Waals surface area contributed by atoms with Gasteiger partial charge in [0.25, 0.3) is 0 Å². The lowest BCUT2D eigenvalue weighted by Gasteiger charge is -2.27. The number of ether oxygens (including phenoxy) is 2. The zero-order valence-corrected chi connectivity index (χ0v) is 12.3.